The van der Waals surface area contributed by atoms with Gasteiger partial charge in [0.15, 0.2) is 5.69 Å². The highest BCUT2D eigenvalue weighted by Gasteiger charge is 2.18. The zero-order valence-electron chi connectivity index (χ0n) is 14.2. The number of anilines is 1. The smallest absolute Gasteiger partial charge is 0.276 e. The van der Waals surface area contributed by atoms with E-state index in [0.717, 1.165) is 31.6 Å². The third kappa shape index (κ3) is 3.79. The molecule has 0 bridgehead atoms. The number of benzene rings is 1. The van der Waals surface area contributed by atoms with E-state index >= 15 is 0 Å². The van der Waals surface area contributed by atoms with Crippen LogP contribution in [-0.4, -0.2) is 38.6 Å². The van der Waals surface area contributed by atoms with Crippen molar-refractivity contribution >= 4 is 24.0 Å². The van der Waals surface area contributed by atoms with E-state index in [-0.39, 0.29) is 18.3 Å². The largest absolute Gasteiger partial charge is 0.319 e. The van der Waals surface area contributed by atoms with Gasteiger partial charge in [0, 0.05) is 25.1 Å². The van der Waals surface area contributed by atoms with Gasteiger partial charge in [-0.2, -0.15) is 10.2 Å². The molecule has 1 aliphatic rings. The van der Waals surface area contributed by atoms with E-state index < -0.39 is 0 Å². The molecule has 2 N–H and O–H groups in total. The van der Waals surface area contributed by atoms with Crippen molar-refractivity contribution in [1.82, 2.24) is 24.9 Å². The average Bonchev–Trinajstić information content (AvgIpc) is 3.35. The fraction of sp³-hybridized carbons (Fsp3) is 0.278. The minimum absolute atomic E-state index is 0. The normalized spacial score (nSPS) is 16.7. The zero-order valence-corrected chi connectivity index (χ0v) is 15.0. The number of hydrogen-bond acceptors (Lipinski definition) is 4. The van der Waals surface area contributed by atoms with Crippen LogP contribution in [0.2, 0.25) is 0 Å². The molecule has 1 saturated heterocycles. The Balaban J connectivity index is 0.00000196. The van der Waals surface area contributed by atoms with Gasteiger partial charge in [-0.3, -0.25) is 9.48 Å². The molecule has 3 aromatic rings. The summed E-state index contributed by atoms with van der Waals surface area (Å²) in [5.41, 5.74) is 1.93. The van der Waals surface area contributed by atoms with Gasteiger partial charge in [-0.15, -0.1) is 12.4 Å². The number of amides is 1. The molecule has 26 heavy (non-hydrogen) atoms. The van der Waals surface area contributed by atoms with Crippen molar-refractivity contribution in [2.45, 2.75) is 18.9 Å². The molecule has 0 saturated carbocycles. The number of nitrogens with one attached hydrogen (secondary N) is 2. The van der Waals surface area contributed by atoms with Crippen molar-refractivity contribution in [2.75, 3.05) is 18.4 Å². The molecule has 7 nitrogen and oxygen atoms in total. The van der Waals surface area contributed by atoms with Crippen LogP contribution in [0.4, 0.5) is 5.69 Å². The maximum Gasteiger partial charge on any atom is 0.276 e. The number of piperidine rings is 1. The van der Waals surface area contributed by atoms with Crippen LogP contribution in [0, 0.1) is 0 Å². The van der Waals surface area contributed by atoms with E-state index in [9.17, 15) is 4.79 Å². The van der Waals surface area contributed by atoms with Gasteiger partial charge >= 0.3 is 0 Å². The lowest BCUT2D eigenvalue weighted by atomic mass is 10.1. The maximum atomic E-state index is 12.6. The number of carbonyl (C=O) groups is 1. The van der Waals surface area contributed by atoms with Crippen LogP contribution in [0.5, 0.6) is 0 Å². The molecule has 2 aromatic heterocycles. The number of hydrogen-bond donors (Lipinski definition) is 2. The Morgan fingerprint density at radius 1 is 1.19 bits per heavy atom. The van der Waals surface area contributed by atoms with Gasteiger partial charge in [-0.25, -0.2) is 4.68 Å². The van der Waals surface area contributed by atoms with E-state index in [1.807, 2.05) is 47.4 Å². The summed E-state index contributed by atoms with van der Waals surface area (Å²) in [6.45, 7) is 1.94. The quantitative estimate of drug-likeness (QED) is 0.738. The number of nitrogens with zero attached hydrogens (tertiary/aromatic N) is 4. The molecule has 0 aliphatic carbocycles. The molecule has 0 radical (unpaired) electrons. The Hall–Kier alpha value is -2.64. The number of halogens is 1. The van der Waals surface area contributed by atoms with Gasteiger partial charge in [0.25, 0.3) is 5.91 Å². The average molecular weight is 373 g/mol. The predicted octanol–water partition coefficient (Wildman–Crippen LogP) is 2.67. The lowest BCUT2D eigenvalue weighted by Gasteiger charge is -2.22. The van der Waals surface area contributed by atoms with E-state index in [1.165, 1.54) is 0 Å². The fourth-order valence-corrected chi connectivity index (χ4v) is 3.10. The summed E-state index contributed by atoms with van der Waals surface area (Å²) in [7, 11) is 0. The van der Waals surface area contributed by atoms with Crippen molar-refractivity contribution < 1.29 is 4.79 Å². The zero-order chi connectivity index (χ0) is 17.1. The monoisotopic (exact) mass is 372 g/mol. The molecule has 0 spiro atoms. The number of carbonyl (C=O) groups excluding carboxylic acids is 1. The lowest BCUT2D eigenvalue weighted by molar-refractivity contribution is 0.102. The molecule has 1 fully saturated rings. The van der Waals surface area contributed by atoms with Gasteiger partial charge in [0.2, 0.25) is 0 Å². The molecule has 136 valence electrons. The Bertz CT molecular complexity index is 854. The van der Waals surface area contributed by atoms with Crippen molar-refractivity contribution in [1.29, 1.82) is 0 Å². The van der Waals surface area contributed by atoms with Gasteiger partial charge in [0.05, 0.1) is 17.4 Å². The number of para-hydroxylation sites is 2. The summed E-state index contributed by atoms with van der Waals surface area (Å²) in [5.74, 6) is -0.220. The van der Waals surface area contributed by atoms with Gasteiger partial charge in [-0.05, 0) is 43.7 Å². The minimum atomic E-state index is -0.220. The second kappa shape index (κ2) is 8.16. The van der Waals surface area contributed by atoms with E-state index in [2.05, 4.69) is 20.8 Å². The minimum Gasteiger partial charge on any atom is -0.319 e. The second-order valence-corrected chi connectivity index (χ2v) is 6.10. The SMILES string of the molecule is Cl.O=C(Nc1ccccc1-n1cccn1)c1ccn(C2CCCNC2)n1. The van der Waals surface area contributed by atoms with Crippen LogP contribution in [0.15, 0.2) is 55.0 Å². The van der Waals surface area contributed by atoms with E-state index in [4.69, 9.17) is 0 Å². The van der Waals surface area contributed by atoms with Gasteiger partial charge < -0.3 is 10.6 Å². The first-order valence-corrected chi connectivity index (χ1v) is 8.47. The van der Waals surface area contributed by atoms with Crippen molar-refractivity contribution in [2.24, 2.45) is 0 Å². The Morgan fingerprint density at radius 3 is 2.85 bits per heavy atom. The summed E-state index contributed by atoms with van der Waals surface area (Å²) in [6.07, 6.45) is 7.64. The van der Waals surface area contributed by atoms with Crippen molar-refractivity contribution in [3.05, 3.63) is 60.7 Å². The lowest BCUT2D eigenvalue weighted by Crippen LogP contribution is -2.32. The second-order valence-electron chi connectivity index (χ2n) is 6.10. The van der Waals surface area contributed by atoms with Crippen LogP contribution in [-0.2, 0) is 0 Å². The number of aromatic nitrogens is 4. The van der Waals surface area contributed by atoms with Crippen LogP contribution >= 0.6 is 12.4 Å². The van der Waals surface area contributed by atoms with Crippen molar-refractivity contribution in [3.63, 3.8) is 0 Å². The summed E-state index contributed by atoms with van der Waals surface area (Å²) in [4.78, 5) is 12.6. The van der Waals surface area contributed by atoms with Crippen LogP contribution in [0.25, 0.3) is 5.69 Å². The Morgan fingerprint density at radius 2 is 2.08 bits per heavy atom. The highest BCUT2D eigenvalue weighted by molar-refractivity contribution is 6.03. The third-order valence-corrected chi connectivity index (χ3v) is 4.39. The predicted molar refractivity (Wildman–Crippen MR) is 102 cm³/mol. The maximum absolute atomic E-state index is 12.6. The standard InChI is InChI=1S/C18H20N6O.ClH/c25-18(16-8-12-23(22-16)14-5-3-9-19-13-14)21-15-6-1-2-7-17(15)24-11-4-10-20-24;/h1-2,4,6-8,10-12,14,19H,3,5,9,13H2,(H,21,25);1H. The molecule has 1 aliphatic heterocycles. The number of rotatable bonds is 4. The van der Waals surface area contributed by atoms with Crippen LogP contribution in [0.1, 0.15) is 29.4 Å². The van der Waals surface area contributed by atoms with Gasteiger partial charge in [0.1, 0.15) is 0 Å². The first-order chi connectivity index (χ1) is 12.3. The van der Waals surface area contributed by atoms with E-state index in [1.54, 1.807) is 16.9 Å². The molecular formula is C18H21ClN6O. The first-order valence-electron chi connectivity index (χ1n) is 8.47. The van der Waals surface area contributed by atoms with Gasteiger partial charge in [-0.1, -0.05) is 12.1 Å². The van der Waals surface area contributed by atoms with Crippen LogP contribution in [0.3, 0.4) is 0 Å². The fourth-order valence-electron chi connectivity index (χ4n) is 3.10. The first kappa shape index (κ1) is 18.2. The highest BCUT2D eigenvalue weighted by Crippen LogP contribution is 2.20. The molecule has 1 aromatic carbocycles. The molecule has 3 heterocycles. The summed E-state index contributed by atoms with van der Waals surface area (Å²) in [6, 6.07) is 11.5. The van der Waals surface area contributed by atoms with E-state index in [0.29, 0.717) is 17.4 Å². The summed E-state index contributed by atoms with van der Waals surface area (Å²) < 4.78 is 3.61. The molecule has 1 amide bonds. The molecular weight excluding hydrogens is 352 g/mol. The molecule has 8 heteroatoms. The Kier molecular flexibility index (Phi) is 5.70. The van der Waals surface area contributed by atoms with Crippen LogP contribution < -0.4 is 10.6 Å². The molecule has 4 rings (SSSR count). The summed E-state index contributed by atoms with van der Waals surface area (Å²) >= 11 is 0. The van der Waals surface area contributed by atoms with Crippen molar-refractivity contribution in [3.8, 4) is 5.69 Å². The summed E-state index contributed by atoms with van der Waals surface area (Å²) in [5, 5.41) is 15.0. The highest BCUT2D eigenvalue weighted by atomic mass is 35.5. The molecule has 1 atom stereocenters. The Labute approximate surface area is 157 Å². The third-order valence-electron chi connectivity index (χ3n) is 4.39. The molecule has 1 unspecified atom stereocenters. The topological polar surface area (TPSA) is 76.8 Å².